The minimum absolute atomic E-state index is 0.425. The third-order valence-corrected chi connectivity index (χ3v) is 2.70. The summed E-state index contributed by atoms with van der Waals surface area (Å²) < 4.78 is 0. The Morgan fingerprint density at radius 1 is 1.18 bits per heavy atom. The lowest BCUT2D eigenvalue weighted by Gasteiger charge is -2.21. The number of anilines is 1. The largest absolute Gasteiger partial charge is 0.351 e. The van der Waals surface area contributed by atoms with Crippen molar-refractivity contribution in [1.29, 1.82) is 0 Å². The average molecular weight is 248 g/mol. The SMILES string of the molecule is CCN(Cc1ccccc1)c1cncc(Cl)n1. The Bertz CT molecular complexity index is 473. The van der Waals surface area contributed by atoms with Gasteiger partial charge in [0.2, 0.25) is 0 Å². The van der Waals surface area contributed by atoms with Crippen molar-refractivity contribution >= 4 is 17.4 Å². The van der Waals surface area contributed by atoms with Gasteiger partial charge >= 0.3 is 0 Å². The smallest absolute Gasteiger partial charge is 0.149 e. The monoisotopic (exact) mass is 247 g/mol. The first-order valence-corrected chi connectivity index (χ1v) is 5.94. The van der Waals surface area contributed by atoms with Gasteiger partial charge in [-0.3, -0.25) is 4.98 Å². The molecule has 0 saturated heterocycles. The van der Waals surface area contributed by atoms with Crippen LogP contribution in [-0.4, -0.2) is 16.5 Å². The number of hydrogen-bond donors (Lipinski definition) is 0. The second-order valence-corrected chi connectivity index (χ2v) is 4.09. The Labute approximate surface area is 106 Å². The number of nitrogens with zero attached hydrogens (tertiary/aromatic N) is 3. The van der Waals surface area contributed by atoms with Crippen LogP contribution in [0.1, 0.15) is 12.5 Å². The van der Waals surface area contributed by atoms with Crippen molar-refractivity contribution in [3.05, 3.63) is 53.4 Å². The van der Waals surface area contributed by atoms with Crippen LogP contribution in [0.25, 0.3) is 0 Å². The molecule has 0 spiro atoms. The maximum absolute atomic E-state index is 5.85. The van der Waals surface area contributed by atoms with Gasteiger partial charge in [0, 0.05) is 13.1 Å². The molecular weight excluding hydrogens is 234 g/mol. The van der Waals surface area contributed by atoms with Gasteiger partial charge in [0.05, 0.1) is 12.4 Å². The van der Waals surface area contributed by atoms with Gasteiger partial charge in [-0.1, -0.05) is 41.9 Å². The Balaban J connectivity index is 2.17. The number of hydrogen-bond acceptors (Lipinski definition) is 3. The minimum atomic E-state index is 0.425. The molecule has 1 aromatic heterocycles. The molecule has 0 N–H and O–H groups in total. The van der Waals surface area contributed by atoms with Gasteiger partial charge in [0.15, 0.2) is 0 Å². The van der Waals surface area contributed by atoms with E-state index < -0.39 is 0 Å². The molecule has 88 valence electrons. The lowest BCUT2D eigenvalue weighted by molar-refractivity contribution is 0.809. The predicted octanol–water partition coefficient (Wildman–Crippen LogP) is 3.16. The molecule has 3 nitrogen and oxygen atoms in total. The van der Waals surface area contributed by atoms with E-state index in [1.807, 2.05) is 18.2 Å². The first-order valence-electron chi connectivity index (χ1n) is 5.56. The van der Waals surface area contributed by atoms with Crippen molar-refractivity contribution in [3.63, 3.8) is 0 Å². The maximum atomic E-state index is 5.85. The van der Waals surface area contributed by atoms with Crippen molar-refractivity contribution in [2.75, 3.05) is 11.4 Å². The van der Waals surface area contributed by atoms with E-state index in [0.29, 0.717) is 5.15 Å². The topological polar surface area (TPSA) is 29.0 Å². The average Bonchev–Trinajstić information content (AvgIpc) is 2.37. The lowest BCUT2D eigenvalue weighted by Crippen LogP contribution is -2.23. The van der Waals surface area contributed by atoms with E-state index in [1.165, 1.54) is 5.56 Å². The molecule has 4 heteroatoms. The third-order valence-electron chi connectivity index (χ3n) is 2.51. The van der Waals surface area contributed by atoms with Gasteiger partial charge in [-0.25, -0.2) is 4.98 Å². The van der Waals surface area contributed by atoms with Gasteiger partial charge < -0.3 is 4.90 Å². The van der Waals surface area contributed by atoms with Crippen LogP contribution in [0.4, 0.5) is 5.82 Å². The maximum Gasteiger partial charge on any atom is 0.149 e. The van der Waals surface area contributed by atoms with Gasteiger partial charge in [-0.15, -0.1) is 0 Å². The molecular formula is C13H14ClN3. The fourth-order valence-corrected chi connectivity index (χ4v) is 1.79. The van der Waals surface area contributed by atoms with E-state index in [0.717, 1.165) is 18.9 Å². The summed E-state index contributed by atoms with van der Waals surface area (Å²) in [6, 6.07) is 10.3. The van der Waals surface area contributed by atoms with Gasteiger partial charge in [-0.2, -0.15) is 0 Å². The highest BCUT2D eigenvalue weighted by Crippen LogP contribution is 2.15. The van der Waals surface area contributed by atoms with Crippen molar-refractivity contribution in [1.82, 2.24) is 9.97 Å². The highest BCUT2D eigenvalue weighted by Gasteiger charge is 2.07. The van der Waals surface area contributed by atoms with Crippen molar-refractivity contribution < 1.29 is 0 Å². The van der Waals surface area contributed by atoms with Gasteiger partial charge in [-0.05, 0) is 12.5 Å². The van der Waals surface area contributed by atoms with E-state index in [9.17, 15) is 0 Å². The zero-order valence-electron chi connectivity index (χ0n) is 9.68. The molecule has 0 aliphatic rings. The molecule has 2 rings (SSSR count). The van der Waals surface area contributed by atoms with Crippen LogP contribution in [0, 0.1) is 0 Å². The van der Waals surface area contributed by atoms with Gasteiger partial charge in [0.25, 0.3) is 0 Å². The number of benzene rings is 1. The molecule has 0 bridgehead atoms. The number of halogens is 1. The molecule has 1 aromatic carbocycles. The molecule has 0 aliphatic heterocycles. The van der Waals surface area contributed by atoms with Crippen LogP contribution in [0.2, 0.25) is 5.15 Å². The van der Waals surface area contributed by atoms with Gasteiger partial charge in [0.1, 0.15) is 11.0 Å². The molecule has 1 heterocycles. The molecule has 0 atom stereocenters. The van der Waals surface area contributed by atoms with Crippen molar-refractivity contribution in [2.45, 2.75) is 13.5 Å². The first kappa shape index (κ1) is 11.9. The fraction of sp³-hybridized carbons (Fsp3) is 0.231. The van der Waals surface area contributed by atoms with E-state index in [1.54, 1.807) is 12.4 Å². The normalized spacial score (nSPS) is 10.2. The Morgan fingerprint density at radius 2 is 1.94 bits per heavy atom. The molecule has 0 fully saturated rings. The fourth-order valence-electron chi connectivity index (χ4n) is 1.64. The quantitative estimate of drug-likeness (QED) is 0.831. The molecule has 0 amide bonds. The first-order chi connectivity index (χ1) is 8.29. The van der Waals surface area contributed by atoms with Crippen LogP contribution < -0.4 is 4.90 Å². The number of rotatable bonds is 4. The Kier molecular flexibility index (Phi) is 3.94. The molecule has 0 saturated carbocycles. The van der Waals surface area contributed by atoms with E-state index in [-0.39, 0.29) is 0 Å². The van der Waals surface area contributed by atoms with E-state index >= 15 is 0 Å². The zero-order chi connectivity index (χ0) is 12.1. The summed E-state index contributed by atoms with van der Waals surface area (Å²) in [7, 11) is 0. The molecule has 0 radical (unpaired) electrons. The molecule has 0 aliphatic carbocycles. The van der Waals surface area contributed by atoms with E-state index in [2.05, 4.69) is 33.9 Å². The molecule has 17 heavy (non-hydrogen) atoms. The van der Waals surface area contributed by atoms with Crippen LogP contribution in [0.15, 0.2) is 42.7 Å². The summed E-state index contributed by atoms with van der Waals surface area (Å²) in [6.45, 7) is 3.77. The van der Waals surface area contributed by atoms with Crippen LogP contribution >= 0.6 is 11.6 Å². The summed E-state index contributed by atoms with van der Waals surface area (Å²) in [4.78, 5) is 10.5. The second kappa shape index (κ2) is 5.64. The summed E-state index contributed by atoms with van der Waals surface area (Å²) >= 11 is 5.85. The van der Waals surface area contributed by atoms with Crippen LogP contribution in [-0.2, 0) is 6.54 Å². The van der Waals surface area contributed by atoms with Crippen molar-refractivity contribution in [3.8, 4) is 0 Å². The summed E-state index contributed by atoms with van der Waals surface area (Å²) in [5.41, 5.74) is 1.25. The lowest BCUT2D eigenvalue weighted by atomic mass is 10.2. The van der Waals surface area contributed by atoms with E-state index in [4.69, 9.17) is 11.6 Å². The minimum Gasteiger partial charge on any atom is -0.351 e. The number of aromatic nitrogens is 2. The summed E-state index contributed by atoms with van der Waals surface area (Å²) in [5.74, 6) is 0.809. The molecule has 2 aromatic rings. The molecule has 0 unspecified atom stereocenters. The highest BCUT2D eigenvalue weighted by molar-refractivity contribution is 6.29. The Morgan fingerprint density at radius 3 is 2.59 bits per heavy atom. The van der Waals surface area contributed by atoms with Crippen LogP contribution in [0.5, 0.6) is 0 Å². The predicted molar refractivity (Wildman–Crippen MR) is 70.2 cm³/mol. The Hall–Kier alpha value is -1.61. The van der Waals surface area contributed by atoms with Crippen molar-refractivity contribution in [2.24, 2.45) is 0 Å². The summed E-state index contributed by atoms with van der Waals surface area (Å²) in [6.07, 6.45) is 3.28. The third kappa shape index (κ3) is 3.17. The highest BCUT2D eigenvalue weighted by atomic mass is 35.5. The second-order valence-electron chi connectivity index (χ2n) is 3.70. The summed E-state index contributed by atoms with van der Waals surface area (Å²) in [5, 5.41) is 0.425. The van der Waals surface area contributed by atoms with Crippen LogP contribution in [0.3, 0.4) is 0 Å². The zero-order valence-corrected chi connectivity index (χ0v) is 10.4. The standard InChI is InChI=1S/C13H14ClN3/c1-2-17(10-11-6-4-3-5-7-11)13-9-15-8-12(14)16-13/h3-9H,2,10H2,1H3.